The van der Waals surface area contributed by atoms with Crippen LogP contribution in [0.25, 0.3) is 0 Å². The lowest BCUT2D eigenvalue weighted by Gasteiger charge is -2.21. The fraction of sp³-hybridized carbons (Fsp3) is 0.636. The Bertz CT molecular complexity index is 428. The van der Waals surface area contributed by atoms with Crippen molar-refractivity contribution in [1.82, 2.24) is 15.3 Å². The summed E-state index contributed by atoms with van der Waals surface area (Å²) < 4.78 is 0. The SMILES string of the molecule is CC(C)(C)c1nc2c(c(=O)[nH]1)CNCC2. The number of nitrogens with zero attached hydrogens (tertiary/aromatic N) is 1. The zero-order chi connectivity index (χ0) is 11.1. The van der Waals surface area contributed by atoms with Crippen molar-refractivity contribution < 1.29 is 0 Å². The second-order valence-corrected chi connectivity index (χ2v) is 5.02. The van der Waals surface area contributed by atoms with Crippen molar-refractivity contribution in [2.45, 2.75) is 39.2 Å². The predicted molar refractivity (Wildman–Crippen MR) is 59.0 cm³/mol. The first kappa shape index (κ1) is 10.4. The molecule has 1 aliphatic heterocycles. The van der Waals surface area contributed by atoms with Crippen molar-refractivity contribution in [3.05, 3.63) is 27.4 Å². The number of nitrogens with one attached hydrogen (secondary N) is 2. The molecule has 15 heavy (non-hydrogen) atoms. The fourth-order valence-corrected chi connectivity index (χ4v) is 1.71. The van der Waals surface area contributed by atoms with Gasteiger partial charge in [0.2, 0.25) is 0 Å². The van der Waals surface area contributed by atoms with E-state index in [2.05, 4.69) is 36.1 Å². The van der Waals surface area contributed by atoms with Gasteiger partial charge in [-0.3, -0.25) is 4.79 Å². The molecule has 0 spiro atoms. The highest BCUT2D eigenvalue weighted by atomic mass is 16.1. The van der Waals surface area contributed by atoms with Gasteiger partial charge in [-0.1, -0.05) is 20.8 Å². The molecule has 2 rings (SSSR count). The molecule has 0 atom stereocenters. The standard InChI is InChI=1S/C11H17N3O/c1-11(2,3)10-13-8-4-5-12-6-7(8)9(15)14-10/h12H,4-6H2,1-3H3,(H,13,14,15). The van der Waals surface area contributed by atoms with Gasteiger partial charge < -0.3 is 10.3 Å². The van der Waals surface area contributed by atoms with E-state index in [9.17, 15) is 4.79 Å². The summed E-state index contributed by atoms with van der Waals surface area (Å²) in [5.74, 6) is 0.785. The largest absolute Gasteiger partial charge is 0.312 e. The number of hydrogen-bond acceptors (Lipinski definition) is 3. The number of rotatable bonds is 0. The van der Waals surface area contributed by atoms with Crippen LogP contribution in [0.15, 0.2) is 4.79 Å². The molecule has 0 aromatic carbocycles. The van der Waals surface area contributed by atoms with Gasteiger partial charge in [-0.25, -0.2) is 4.98 Å². The van der Waals surface area contributed by atoms with E-state index in [1.807, 2.05) is 0 Å². The molecule has 0 bridgehead atoms. The lowest BCUT2D eigenvalue weighted by molar-refractivity contribution is 0.525. The van der Waals surface area contributed by atoms with Gasteiger partial charge in [0.05, 0.1) is 11.3 Å². The molecule has 1 aromatic heterocycles. The van der Waals surface area contributed by atoms with E-state index >= 15 is 0 Å². The smallest absolute Gasteiger partial charge is 0.255 e. The summed E-state index contributed by atoms with van der Waals surface area (Å²) >= 11 is 0. The minimum Gasteiger partial charge on any atom is -0.312 e. The maximum Gasteiger partial charge on any atom is 0.255 e. The predicted octanol–water partition coefficient (Wildman–Crippen LogP) is 0.713. The van der Waals surface area contributed by atoms with Crippen LogP contribution < -0.4 is 10.9 Å². The summed E-state index contributed by atoms with van der Waals surface area (Å²) in [7, 11) is 0. The molecule has 2 heterocycles. The Kier molecular flexibility index (Phi) is 2.38. The first-order valence-electron chi connectivity index (χ1n) is 5.32. The van der Waals surface area contributed by atoms with Gasteiger partial charge in [0.25, 0.3) is 5.56 Å². The van der Waals surface area contributed by atoms with E-state index in [1.54, 1.807) is 0 Å². The third kappa shape index (κ3) is 1.95. The minimum atomic E-state index is -0.0981. The summed E-state index contributed by atoms with van der Waals surface area (Å²) in [5.41, 5.74) is 1.67. The number of aromatic amines is 1. The van der Waals surface area contributed by atoms with E-state index in [1.165, 1.54) is 0 Å². The number of aromatic nitrogens is 2. The molecule has 0 saturated heterocycles. The van der Waals surface area contributed by atoms with Crippen LogP contribution in [0.5, 0.6) is 0 Å². The molecule has 4 nitrogen and oxygen atoms in total. The Hall–Kier alpha value is -1.16. The average Bonchev–Trinajstić information content (AvgIpc) is 2.16. The molecule has 0 amide bonds. The van der Waals surface area contributed by atoms with Crippen LogP contribution in [0.4, 0.5) is 0 Å². The van der Waals surface area contributed by atoms with Crippen LogP contribution in [-0.4, -0.2) is 16.5 Å². The van der Waals surface area contributed by atoms with Crippen molar-refractivity contribution in [3.8, 4) is 0 Å². The Balaban J connectivity index is 2.55. The zero-order valence-corrected chi connectivity index (χ0v) is 9.48. The lowest BCUT2D eigenvalue weighted by atomic mass is 9.95. The highest BCUT2D eigenvalue weighted by Gasteiger charge is 2.21. The summed E-state index contributed by atoms with van der Waals surface area (Å²) in [6.07, 6.45) is 0.850. The van der Waals surface area contributed by atoms with Gasteiger partial charge in [0.15, 0.2) is 0 Å². The molecule has 2 N–H and O–H groups in total. The third-order valence-electron chi connectivity index (χ3n) is 2.65. The van der Waals surface area contributed by atoms with Crippen molar-refractivity contribution in [1.29, 1.82) is 0 Å². The monoisotopic (exact) mass is 207 g/mol. The molecular formula is C11H17N3O. The normalized spacial score (nSPS) is 16.2. The average molecular weight is 207 g/mol. The van der Waals surface area contributed by atoms with Crippen molar-refractivity contribution >= 4 is 0 Å². The summed E-state index contributed by atoms with van der Waals surface area (Å²) in [6.45, 7) is 7.71. The van der Waals surface area contributed by atoms with Crippen molar-refractivity contribution in [2.24, 2.45) is 0 Å². The van der Waals surface area contributed by atoms with Crippen LogP contribution in [0, 0.1) is 0 Å². The van der Waals surface area contributed by atoms with Gasteiger partial charge >= 0.3 is 0 Å². The Labute approximate surface area is 89.1 Å². The highest BCUT2D eigenvalue weighted by Crippen LogP contribution is 2.18. The van der Waals surface area contributed by atoms with Crippen LogP contribution >= 0.6 is 0 Å². The van der Waals surface area contributed by atoms with Gasteiger partial charge in [0, 0.05) is 24.9 Å². The van der Waals surface area contributed by atoms with Gasteiger partial charge in [-0.2, -0.15) is 0 Å². The minimum absolute atomic E-state index is 0.0112. The molecule has 0 radical (unpaired) electrons. The Morgan fingerprint density at radius 1 is 1.33 bits per heavy atom. The second-order valence-electron chi connectivity index (χ2n) is 5.02. The van der Waals surface area contributed by atoms with Crippen molar-refractivity contribution in [3.63, 3.8) is 0 Å². The second kappa shape index (κ2) is 3.45. The highest BCUT2D eigenvalue weighted by molar-refractivity contribution is 5.22. The van der Waals surface area contributed by atoms with E-state index in [-0.39, 0.29) is 11.0 Å². The van der Waals surface area contributed by atoms with Crippen LogP contribution in [0.3, 0.4) is 0 Å². The van der Waals surface area contributed by atoms with Crippen molar-refractivity contribution in [2.75, 3.05) is 6.54 Å². The molecule has 0 fully saturated rings. The molecule has 82 valence electrons. The van der Waals surface area contributed by atoms with Crippen LogP contribution in [-0.2, 0) is 18.4 Å². The first-order valence-corrected chi connectivity index (χ1v) is 5.32. The van der Waals surface area contributed by atoms with Gasteiger partial charge in [0.1, 0.15) is 5.82 Å². The third-order valence-corrected chi connectivity index (χ3v) is 2.65. The van der Waals surface area contributed by atoms with Crippen LogP contribution in [0.2, 0.25) is 0 Å². The molecule has 1 aromatic rings. The van der Waals surface area contributed by atoms with Gasteiger partial charge in [-0.05, 0) is 0 Å². The number of fused-ring (bicyclic) bond motifs is 1. The number of hydrogen-bond donors (Lipinski definition) is 2. The van der Waals surface area contributed by atoms with E-state index < -0.39 is 0 Å². The van der Waals surface area contributed by atoms with Gasteiger partial charge in [-0.15, -0.1) is 0 Å². The Morgan fingerprint density at radius 3 is 2.73 bits per heavy atom. The summed E-state index contributed by atoms with van der Waals surface area (Å²) in [4.78, 5) is 19.2. The maximum absolute atomic E-state index is 11.8. The fourth-order valence-electron chi connectivity index (χ4n) is 1.71. The number of H-pyrrole nitrogens is 1. The molecule has 0 aliphatic carbocycles. The summed E-state index contributed by atoms with van der Waals surface area (Å²) in [6, 6.07) is 0. The lowest BCUT2D eigenvalue weighted by Crippen LogP contribution is -2.34. The maximum atomic E-state index is 11.8. The Morgan fingerprint density at radius 2 is 2.07 bits per heavy atom. The van der Waals surface area contributed by atoms with Crippen LogP contribution in [0.1, 0.15) is 37.9 Å². The first-order chi connectivity index (χ1) is 6.98. The molecule has 0 unspecified atom stereocenters. The molecule has 0 saturated carbocycles. The van der Waals surface area contributed by atoms with E-state index in [4.69, 9.17) is 0 Å². The zero-order valence-electron chi connectivity index (χ0n) is 9.48. The molecule has 1 aliphatic rings. The van der Waals surface area contributed by atoms with E-state index in [0.29, 0.717) is 6.54 Å². The van der Waals surface area contributed by atoms with E-state index in [0.717, 1.165) is 30.0 Å². The topological polar surface area (TPSA) is 57.8 Å². The molecular weight excluding hydrogens is 190 g/mol. The summed E-state index contributed by atoms with van der Waals surface area (Å²) in [5, 5.41) is 3.18. The quantitative estimate of drug-likeness (QED) is 0.659. The molecule has 4 heteroatoms.